The molecule has 0 aliphatic carbocycles. The van der Waals surface area contributed by atoms with Crippen molar-refractivity contribution >= 4 is 12.1 Å². The van der Waals surface area contributed by atoms with Crippen LogP contribution in [0.1, 0.15) is 24.8 Å². The summed E-state index contributed by atoms with van der Waals surface area (Å²) in [5, 5.41) is 0. The molecule has 2 atom stereocenters. The quantitative estimate of drug-likeness (QED) is 0.613. The number of halogens is 1. The number of likely N-dealkylation sites (tertiary alicyclic amines) is 1. The molecule has 0 N–H and O–H groups in total. The van der Waals surface area contributed by atoms with Crippen molar-refractivity contribution in [2.75, 3.05) is 26.3 Å². The number of piperidine rings is 1. The summed E-state index contributed by atoms with van der Waals surface area (Å²) < 4.78 is 23.4. The molecular weight excluding hydrogens is 313 g/mol. The Labute approximate surface area is 141 Å². The number of hydrogen-bond acceptors (Lipinski definition) is 4. The minimum Gasteiger partial charge on any atom is -0.465 e. The lowest BCUT2D eigenvalue weighted by molar-refractivity contribution is -0.143. The fourth-order valence-electron chi connectivity index (χ4n) is 2.96. The molecule has 1 aliphatic heterocycles. The van der Waals surface area contributed by atoms with Crippen LogP contribution in [0.25, 0.3) is 0 Å². The maximum Gasteiger partial charge on any atom is 0.410 e. The monoisotopic (exact) mass is 335 g/mol. The molecule has 0 bridgehead atoms. The highest BCUT2D eigenvalue weighted by molar-refractivity contribution is 5.68. The molecular formula is C18H22FNO4. The molecule has 24 heavy (non-hydrogen) atoms. The van der Waals surface area contributed by atoms with Gasteiger partial charge in [-0.05, 0) is 30.0 Å². The molecule has 1 aromatic carbocycles. The van der Waals surface area contributed by atoms with E-state index in [1.807, 2.05) is 0 Å². The van der Waals surface area contributed by atoms with Crippen molar-refractivity contribution in [3.8, 4) is 0 Å². The molecule has 1 heterocycles. The van der Waals surface area contributed by atoms with Crippen LogP contribution in [0.2, 0.25) is 0 Å². The van der Waals surface area contributed by atoms with Gasteiger partial charge in [-0.15, -0.1) is 0 Å². The van der Waals surface area contributed by atoms with Crippen LogP contribution < -0.4 is 0 Å². The van der Waals surface area contributed by atoms with Gasteiger partial charge in [-0.3, -0.25) is 4.79 Å². The Morgan fingerprint density at radius 1 is 1.33 bits per heavy atom. The topological polar surface area (TPSA) is 55.8 Å². The van der Waals surface area contributed by atoms with Crippen molar-refractivity contribution in [1.82, 2.24) is 4.90 Å². The summed E-state index contributed by atoms with van der Waals surface area (Å²) in [5.41, 5.74) is 0.979. The second-order valence-electron chi connectivity index (χ2n) is 5.82. The Morgan fingerprint density at radius 2 is 2.04 bits per heavy atom. The first kappa shape index (κ1) is 18.0. The molecule has 0 aromatic heterocycles. The number of hydrogen-bond donors (Lipinski definition) is 0. The van der Waals surface area contributed by atoms with Crippen LogP contribution in [0.5, 0.6) is 0 Å². The summed E-state index contributed by atoms with van der Waals surface area (Å²) in [4.78, 5) is 24.8. The number of amides is 1. The Morgan fingerprint density at radius 3 is 2.67 bits per heavy atom. The van der Waals surface area contributed by atoms with Crippen LogP contribution in [0.15, 0.2) is 36.9 Å². The highest BCUT2D eigenvalue weighted by atomic mass is 19.1. The first-order chi connectivity index (χ1) is 11.5. The largest absolute Gasteiger partial charge is 0.465 e. The number of rotatable bonds is 5. The summed E-state index contributed by atoms with van der Waals surface area (Å²) in [6.07, 6.45) is 1.81. The minimum absolute atomic E-state index is 0.0654. The zero-order valence-corrected chi connectivity index (χ0v) is 13.7. The lowest BCUT2D eigenvalue weighted by Gasteiger charge is -2.37. The Bertz CT molecular complexity index is 587. The third-order valence-electron chi connectivity index (χ3n) is 4.12. The van der Waals surface area contributed by atoms with Gasteiger partial charge in [0.25, 0.3) is 0 Å². The second-order valence-corrected chi connectivity index (χ2v) is 5.82. The fourth-order valence-corrected chi connectivity index (χ4v) is 2.96. The molecule has 1 aromatic rings. The highest BCUT2D eigenvalue weighted by Crippen LogP contribution is 2.33. The molecule has 1 saturated heterocycles. The number of carbonyl (C=O) groups is 2. The molecule has 1 aliphatic rings. The van der Waals surface area contributed by atoms with E-state index in [-0.39, 0.29) is 36.8 Å². The lowest BCUT2D eigenvalue weighted by Crippen LogP contribution is -2.45. The first-order valence-corrected chi connectivity index (χ1v) is 7.92. The van der Waals surface area contributed by atoms with Gasteiger partial charge >= 0.3 is 12.1 Å². The van der Waals surface area contributed by atoms with Crippen LogP contribution in [-0.2, 0) is 14.3 Å². The van der Waals surface area contributed by atoms with Crippen LogP contribution in [0.3, 0.4) is 0 Å². The maximum absolute atomic E-state index is 13.1. The Kier molecular flexibility index (Phi) is 6.35. The predicted octanol–water partition coefficient (Wildman–Crippen LogP) is 3.12. The van der Waals surface area contributed by atoms with Gasteiger partial charge in [0.2, 0.25) is 0 Å². The van der Waals surface area contributed by atoms with E-state index in [0.29, 0.717) is 19.5 Å². The third-order valence-corrected chi connectivity index (χ3v) is 4.12. The summed E-state index contributed by atoms with van der Waals surface area (Å²) in [6.45, 7) is 6.20. The molecule has 130 valence electrons. The zero-order chi connectivity index (χ0) is 17.5. The average molecular weight is 335 g/mol. The summed E-state index contributed by atoms with van der Waals surface area (Å²) in [5.74, 6) is -0.627. The predicted molar refractivity (Wildman–Crippen MR) is 87.0 cm³/mol. The van der Waals surface area contributed by atoms with Crippen molar-refractivity contribution in [3.63, 3.8) is 0 Å². The molecule has 2 rings (SSSR count). The van der Waals surface area contributed by atoms with Crippen molar-refractivity contribution < 1.29 is 23.5 Å². The smallest absolute Gasteiger partial charge is 0.410 e. The number of benzene rings is 1. The van der Waals surface area contributed by atoms with E-state index in [9.17, 15) is 14.0 Å². The standard InChI is InChI=1S/C18H22FNO4/c1-3-10-23-18(22)20-9-8-17(14-4-6-16(19)7-5-14)15(11-20)12-24-13(2)21/h3-7,15,17H,1,8-12H2,2H3/t15-,17-/m0/s1. The van der Waals surface area contributed by atoms with Crippen LogP contribution >= 0.6 is 0 Å². The maximum atomic E-state index is 13.1. The number of nitrogens with zero attached hydrogens (tertiary/aromatic N) is 1. The van der Waals surface area contributed by atoms with Gasteiger partial charge < -0.3 is 14.4 Å². The van der Waals surface area contributed by atoms with Gasteiger partial charge in [-0.1, -0.05) is 24.8 Å². The molecule has 6 heteroatoms. The van der Waals surface area contributed by atoms with E-state index in [1.165, 1.54) is 25.1 Å². The van der Waals surface area contributed by atoms with Crippen LogP contribution in [-0.4, -0.2) is 43.3 Å². The Balaban J connectivity index is 2.09. The van der Waals surface area contributed by atoms with Crippen molar-refractivity contribution in [2.45, 2.75) is 19.3 Å². The van der Waals surface area contributed by atoms with Gasteiger partial charge in [0, 0.05) is 25.9 Å². The van der Waals surface area contributed by atoms with E-state index >= 15 is 0 Å². The molecule has 1 amide bonds. The van der Waals surface area contributed by atoms with Crippen molar-refractivity contribution in [3.05, 3.63) is 48.3 Å². The fraction of sp³-hybridized carbons (Fsp3) is 0.444. The summed E-state index contributed by atoms with van der Waals surface area (Å²) in [6, 6.07) is 6.32. The molecule has 0 unspecified atom stereocenters. The van der Waals surface area contributed by atoms with Crippen LogP contribution in [0.4, 0.5) is 9.18 Å². The van der Waals surface area contributed by atoms with Gasteiger partial charge in [-0.2, -0.15) is 0 Å². The number of ether oxygens (including phenoxy) is 2. The van der Waals surface area contributed by atoms with Crippen LogP contribution in [0, 0.1) is 11.7 Å². The van der Waals surface area contributed by atoms with Gasteiger partial charge in [0.05, 0.1) is 6.61 Å². The molecule has 5 nitrogen and oxygen atoms in total. The van der Waals surface area contributed by atoms with E-state index in [1.54, 1.807) is 17.0 Å². The Hall–Kier alpha value is -2.37. The lowest BCUT2D eigenvalue weighted by atomic mass is 9.81. The SMILES string of the molecule is C=CCOC(=O)N1CC[C@@H](c2ccc(F)cc2)[C@H](COC(C)=O)C1. The zero-order valence-electron chi connectivity index (χ0n) is 13.7. The molecule has 0 spiro atoms. The number of esters is 1. The van der Waals surface area contributed by atoms with E-state index in [0.717, 1.165) is 5.56 Å². The van der Waals surface area contributed by atoms with E-state index in [4.69, 9.17) is 9.47 Å². The second kappa shape index (κ2) is 8.47. The van der Waals surface area contributed by atoms with Gasteiger partial charge in [0.1, 0.15) is 12.4 Å². The molecule has 0 saturated carbocycles. The van der Waals surface area contributed by atoms with Gasteiger partial charge in [-0.25, -0.2) is 9.18 Å². The molecule has 1 fully saturated rings. The normalized spacial score (nSPS) is 20.3. The highest BCUT2D eigenvalue weighted by Gasteiger charge is 2.33. The number of carbonyl (C=O) groups excluding carboxylic acids is 2. The average Bonchev–Trinajstić information content (AvgIpc) is 2.58. The van der Waals surface area contributed by atoms with E-state index < -0.39 is 6.09 Å². The van der Waals surface area contributed by atoms with Crippen molar-refractivity contribution in [2.24, 2.45) is 5.92 Å². The third kappa shape index (κ3) is 4.81. The van der Waals surface area contributed by atoms with Crippen molar-refractivity contribution in [1.29, 1.82) is 0 Å². The first-order valence-electron chi connectivity index (χ1n) is 7.92. The summed E-state index contributed by atoms with van der Waals surface area (Å²) >= 11 is 0. The van der Waals surface area contributed by atoms with Gasteiger partial charge in [0.15, 0.2) is 0 Å². The summed E-state index contributed by atoms with van der Waals surface area (Å²) in [7, 11) is 0. The van der Waals surface area contributed by atoms with E-state index in [2.05, 4.69) is 6.58 Å². The molecule has 0 radical (unpaired) electrons. The minimum atomic E-state index is -0.403.